The van der Waals surface area contributed by atoms with Crippen LogP contribution in [-0.2, 0) is 16.3 Å². The lowest BCUT2D eigenvalue weighted by molar-refractivity contribution is 0.514. The summed E-state index contributed by atoms with van der Waals surface area (Å²) in [6, 6.07) is 5.19. The van der Waals surface area contributed by atoms with Crippen LogP contribution in [0.4, 0.5) is 0 Å². The zero-order chi connectivity index (χ0) is 12.6. The second kappa shape index (κ2) is 4.18. The number of aryl methyl sites for hydroxylation is 1. The lowest BCUT2D eigenvalue weighted by Gasteiger charge is -2.20. The van der Waals surface area contributed by atoms with Crippen molar-refractivity contribution in [2.75, 3.05) is 6.26 Å². The number of hydrogen-bond donors (Lipinski definition) is 1. The van der Waals surface area contributed by atoms with Crippen LogP contribution < -0.4 is 5.73 Å². The van der Waals surface area contributed by atoms with Crippen LogP contribution in [0.1, 0.15) is 25.0 Å². The van der Waals surface area contributed by atoms with Gasteiger partial charge >= 0.3 is 0 Å². The lowest BCUT2D eigenvalue weighted by Crippen LogP contribution is -2.34. The molecule has 0 bridgehead atoms. The summed E-state index contributed by atoms with van der Waals surface area (Å²) in [4.78, 5) is 0.359. The van der Waals surface area contributed by atoms with Crippen LogP contribution in [0.25, 0.3) is 0 Å². The van der Waals surface area contributed by atoms with Gasteiger partial charge in [-0.3, -0.25) is 0 Å². The molecule has 0 spiro atoms. The van der Waals surface area contributed by atoms with Crippen molar-refractivity contribution in [2.45, 2.75) is 37.6 Å². The molecule has 0 radical (unpaired) electrons. The van der Waals surface area contributed by atoms with Crippen LogP contribution in [0.5, 0.6) is 0 Å². The molecule has 3 nitrogen and oxygen atoms in total. The number of benzene rings is 1. The van der Waals surface area contributed by atoms with Gasteiger partial charge in [0.05, 0.1) is 4.90 Å². The Balaban J connectivity index is 3.20. The molecule has 0 saturated heterocycles. The number of nitrogens with two attached hydrogens (primary N) is 1. The molecule has 2 N–H and O–H groups in total. The second-order valence-corrected chi connectivity index (χ2v) is 7.04. The van der Waals surface area contributed by atoms with E-state index >= 15 is 0 Å². The van der Waals surface area contributed by atoms with Crippen molar-refractivity contribution < 1.29 is 8.42 Å². The van der Waals surface area contributed by atoms with Crippen molar-refractivity contribution in [3.63, 3.8) is 0 Å². The average molecular weight is 241 g/mol. The summed E-state index contributed by atoms with van der Waals surface area (Å²) >= 11 is 0. The Labute approximate surface area is 97.6 Å². The molecule has 0 aliphatic heterocycles. The highest BCUT2D eigenvalue weighted by atomic mass is 32.2. The standard InChI is InChI=1S/C12H19NO2S/c1-9-5-6-11(16(4,14)15)7-10(9)8-12(2,3)13/h5-7H,8,13H2,1-4H3. The van der Waals surface area contributed by atoms with Crippen molar-refractivity contribution in [1.82, 2.24) is 0 Å². The first kappa shape index (κ1) is 13.2. The Morgan fingerprint density at radius 2 is 1.88 bits per heavy atom. The predicted octanol–water partition coefficient (Wildman–Crippen LogP) is 1.68. The summed E-state index contributed by atoms with van der Waals surface area (Å²) in [5.41, 5.74) is 7.68. The van der Waals surface area contributed by atoms with E-state index in [0.29, 0.717) is 11.3 Å². The van der Waals surface area contributed by atoms with Crippen molar-refractivity contribution in [3.8, 4) is 0 Å². The summed E-state index contributed by atoms with van der Waals surface area (Å²) in [5, 5.41) is 0. The van der Waals surface area contributed by atoms with Gasteiger partial charge in [0.2, 0.25) is 0 Å². The Hall–Kier alpha value is -0.870. The quantitative estimate of drug-likeness (QED) is 0.876. The van der Waals surface area contributed by atoms with Gasteiger partial charge < -0.3 is 5.73 Å². The normalized spacial score (nSPS) is 12.8. The van der Waals surface area contributed by atoms with Crippen LogP contribution in [0.3, 0.4) is 0 Å². The Morgan fingerprint density at radius 3 is 2.31 bits per heavy atom. The largest absolute Gasteiger partial charge is 0.325 e. The average Bonchev–Trinajstić information content (AvgIpc) is 2.04. The van der Waals surface area contributed by atoms with Gasteiger partial charge in [0.15, 0.2) is 9.84 Å². The topological polar surface area (TPSA) is 60.2 Å². The van der Waals surface area contributed by atoms with E-state index in [1.165, 1.54) is 6.26 Å². The summed E-state index contributed by atoms with van der Waals surface area (Å²) in [5.74, 6) is 0. The molecule has 1 rings (SSSR count). The van der Waals surface area contributed by atoms with E-state index in [9.17, 15) is 8.42 Å². The molecular weight excluding hydrogens is 222 g/mol. The van der Waals surface area contributed by atoms with Crippen LogP contribution >= 0.6 is 0 Å². The maximum atomic E-state index is 11.4. The smallest absolute Gasteiger partial charge is 0.175 e. The first-order chi connectivity index (χ1) is 7.09. The molecule has 0 atom stereocenters. The summed E-state index contributed by atoms with van der Waals surface area (Å²) in [7, 11) is -3.14. The minimum absolute atomic E-state index is 0.332. The van der Waals surface area contributed by atoms with Gasteiger partial charge in [-0.2, -0.15) is 0 Å². The molecule has 1 aromatic carbocycles. The maximum absolute atomic E-state index is 11.4. The fraction of sp³-hybridized carbons (Fsp3) is 0.500. The Morgan fingerprint density at radius 1 is 1.31 bits per heavy atom. The fourth-order valence-corrected chi connectivity index (χ4v) is 2.23. The minimum Gasteiger partial charge on any atom is -0.325 e. The molecule has 4 heteroatoms. The van der Waals surface area contributed by atoms with Crippen LogP contribution in [0.2, 0.25) is 0 Å². The van der Waals surface area contributed by atoms with Crippen molar-refractivity contribution in [2.24, 2.45) is 5.73 Å². The van der Waals surface area contributed by atoms with Gasteiger partial charge in [-0.05, 0) is 50.5 Å². The SMILES string of the molecule is Cc1ccc(S(C)(=O)=O)cc1CC(C)(C)N. The molecular formula is C12H19NO2S. The molecule has 0 fully saturated rings. The molecule has 0 aliphatic rings. The van der Waals surface area contributed by atoms with Crippen molar-refractivity contribution >= 4 is 9.84 Å². The highest BCUT2D eigenvalue weighted by Crippen LogP contribution is 2.19. The lowest BCUT2D eigenvalue weighted by atomic mass is 9.93. The molecule has 16 heavy (non-hydrogen) atoms. The van der Waals surface area contributed by atoms with Crippen molar-refractivity contribution in [3.05, 3.63) is 29.3 Å². The van der Waals surface area contributed by atoms with E-state index in [1.807, 2.05) is 26.8 Å². The van der Waals surface area contributed by atoms with Gasteiger partial charge in [0.25, 0.3) is 0 Å². The van der Waals surface area contributed by atoms with E-state index in [1.54, 1.807) is 12.1 Å². The highest BCUT2D eigenvalue weighted by Gasteiger charge is 2.15. The molecule has 1 aromatic rings. The molecule has 0 aromatic heterocycles. The summed E-state index contributed by atoms with van der Waals surface area (Å²) in [6.07, 6.45) is 1.89. The summed E-state index contributed by atoms with van der Waals surface area (Å²) < 4.78 is 22.9. The Kier molecular flexibility index (Phi) is 3.45. The van der Waals surface area contributed by atoms with Gasteiger partial charge in [-0.1, -0.05) is 6.07 Å². The van der Waals surface area contributed by atoms with Gasteiger partial charge in [-0.15, -0.1) is 0 Å². The third-order valence-corrected chi connectivity index (χ3v) is 3.51. The van der Waals surface area contributed by atoms with Crippen LogP contribution in [-0.4, -0.2) is 20.2 Å². The molecule has 0 saturated carbocycles. The van der Waals surface area contributed by atoms with E-state index in [2.05, 4.69) is 0 Å². The zero-order valence-corrected chi connectivity index (χ0v) is 11.1. The molecule has 0 unspecified atom stereocenters. The maximum Gasteiger partial charge on any atom is 0.175 e. The molecule has 0 heterocycles. The van der Waals surface area contributed by atoms with E-state index in [0.717, 1.165) is 11.1 Å². The van der Waals surface area contributed by atoms with Crippen LogP contribution in [0, 0.1) is 6.92 Å². The molecule has 0 aliphatic carbocycles. The number of hydrogen-bond acceptors (Lipinski definition) is 3. The number of rotatable bonds is 3. The first-order valence-corrected chi connectivity index (χ1v) is 7.07. The first-order valence-electron chi connectivity index (χ1n) is 5.18. The molecule has 90 valence electrons. The molecule has 0 amide bonds. The van der Waals surface area contributed by atoms with Gasteiger partial charge in [-0.25, -0.2) is 8.42 Å². The number of sulfone groups is 1. The van der Waals surface area contributed by atoms with Gasteiger partial charge in [0, 0.05) is 11.8 Å². The van der Waals surface area contributed by atoms with E-state index < -0.39 is 9.84 Å². The minimum atomic E-state index is -3.14. The van der Waals surface area contributed by atoms with E-state index in [-0.39, 0.29) is 5.54 Å². The van der Waals surface area contributed by atoms with E-state index in [4.69, 9.17) is 5.73 Å². The second-order valence-electron chi connectivity index (χ2n) is 5.03. The zero-order valence-electron chi connectivity index (χ0n) is 10.2. The third-order valence-electron chi connectivity index (χ3n) is 2.39. The predicted molar refractivity (Wildman–Crippen MR) is 66.3 cm³/mol. The van der Waals surface area contributed by atoms with Crippen molar-refractivity contribution in [1.29, 1.82) is 0 Å². The summed E-state index contributed by atoms with van der Waals surface area (Å²) in [6.45, 7) is 5.83. The fourth-order valence-electron chi connectivity index (χ4n) is 1.56. The Bertz CT molecular complexity index is 484. The monoisotopic (exact) mass is 241 g/mol. The highest BCUT2D eigenvalue weighted by molar-refractivity contribution is 7.90. The van der Waals surface area contributed by atoms with Crippen LogP contribution in [0.15, 0.2) is 23.1 Å². The third kappa shape index (κ3) is 3.61. The van der Waals surface area contributed by atoms with Gasteiger partial charge in [0.1, 0.15) is 0 Å².